The lowest BCUT2D eigenvalue weighted by Gasteiger charge is -2.40. The topological polar surface area (TPSA) is 66.6 Å². The van der Waals surface area contributed by atoms with E-state index in [4.69, 9.17) is 0 Å². The largest absolute Gasteiger partial charge is 0.391 e. The molecule has 1 aliphatic carbocycles. The van der Waals surface area contributed by atoms with E-state index >= 15 is 0 Å². The van der Waals surface area contributed by atoms with Gasteiger partial charge in [-0.1, -0.05) is 12.8 Å². The van der Waals surface area contributed by atoms with Crippen molar-refractivity contribution in [1.29, 1.82) is 0 Å². The van der Waals surface area contributed by atoms with Crippen molar-refractivity contribution in [3.05, 3.63) is 33.9 Å². The summed E-state index contributed by atoms with van der Waals surface area (Å²) in [6, 6.07) is 5.09. The molecule has 0 atom stereocenters. The number of nitro benzene ring substituents is 1. The minimum Gasteiger partial charge on any atom is -0.391 e. The smallest absolute Gasteiger partial charge is 0.275 e. The van der Waals surface area contributed by atoms with E-state index in [1.807, 2.05) is 6.07 Å². The maximum atomic E-state index is 10.9. The first-order valence-electron chi connectivity index (χ1n) is 7.77. The van der Waals surface area contributed by atoms with E-state index in [-0.39, 0.29) is 12.3 Å². The van der Waals surface area contributed by atoms with Crippen molar-refractivity contribution < 1.29 is 10.0 Å². The molecule has 1 heterocycles. The third-order valence-corrected chi connectivity index (χ3v) is 5.28. The molecule has 0 aromatic heterocycles. The van der Waals surface area contributed by atoms with Crippen LogP contribution >= 0.6 is 0 Å². The number of rotatable bonds is 3. The summed E-state index contributed by atoms with van der Waals surface area (Å²) >= 11 is 0. The molecule has 2 fully saturated rings. The second-order valence-electron chi connectivity index (χ2n) is 6.42. The molecule has 21 heavy (non-hydrogen) atoms. The van der Waals surface area contributed by atoms with Crippen molar-refractivity contribution >= 4 is 11.4 Å². The molecule has 2 aliphatic rings. The molecule has 0 unspecified atom stereocenters. The van der Waals surface area contributed by atoms with Gasteiger partial charge in [-0.2, -0.15) is 0 Å². The van der Waals surface area contributed by atoms with Crippen molar-refractivity contribution in [1.82, 2.24) is 0 Å². The van der Waals surface area contributed by atoms with Gasteiger partial charge in [0.15, 0.2) is 0 Å². The molecular weight excluding hydrogens is 268 g/mol. The van der Waals surface area contributed by atoms with Gasteiger partial charge in [0, 0.05) is 24.8 Å². The Morgan fingerprint density at radius 1 is 1.19 bits per heavy atom. The SMILES string of the molecule is O=[N+]([O-])c1ccc(N2CCC3(CCCC3)CC2)cc1CO. The van der Waals surface area contributed by atoms with Crippen LogP contribution in [-0.2, 0) is 6.61 Å². The van der Waals surface area contributed by atoms with Crippen molar-refractivity contribution in [2.24, 2.45) is 5.41 Å². The zero-order valence-electron chi connectivity index (χ0n) is 12.3. The Hall–Kier alpha value is -1.62. The third-order valence-electron chi connectivity index (χ3n) is 5.28. The molecule has 1 spiro atoms. The van der Waals surface area contributed by atoms with Crippen LogP contribution in [0, 0.1) is 15.5 Å². The highest BCUT2D eigenvalue weighted by Gasteiger charge is 2.37. The molecule has 0 amide bonds. The maximum absolute atomic E-state index is 10.9. The van der Waals surface area contributed by atoms with Crippen LogP contribution in [0.1, 0.15) is 44.1 Å². The van der Waals surface area contributed by atoms with Gasteiger partial charge in [0.1, 0.15) is 0 Å². The average Bonchev–Trinajstić information content (AvgIpc) is 2.95. The van der Waals surface area contributed by atoms with E-state index < -0.39 is 4.92 Å². The van der Waals surface area contributed by atoms with E-state index in [1.165, 1.54) is 44.6 Å². The molecular formula is C16H22N2O3. The summed E-state index contributed by atoms with van der Waals surface area (Å²) in [6.07, 6.45) is 7.90. The van der Waals surface area contributed by atoms with E-state index in [1.54, 1.807) is 6.07 Å². The summed E-state index contributed by atoms with van der Waals surface area (Å²) in [5.41, 5.74) is 1.97. The predicted molar refractivity (Wildman–Crippen MR) is 81.4 cm³/mol. The van der Waals surface area contributed by atoms with Gasteiger partial charge in [-0.05, 0) is 43.2 Å². The highest BCUT2D eigenvalue weighted by Crippen LogP contribution is 2.46. The highest BCUT2D eigenvalue weighted by molar-refractivity contribution is 5.55. The zero-order chi connectivity index (χ0) is 14.9. The number of nitro groups is 1. The number of hydrogen-bond donors (Lipinski definition) is 1. The summed E-state index contributed by atoms with van der Waals surface area (Å²) < 4.78 is 0. The summed E-state index contributed by atoms with van der Waals surface area (Å²) in [6.45, 7) is 1.74. The lowest BCUT2D eigenvalue weighted by molar-refractivity contribution is -0.385. The molecule has 1 saturated carbocycles. The van der Waals surface area contributed by atoms with Crippen molar-refractivity contribution in [2.45, 2.75) is 45.1 Å². The number of hydrogen-bond acceptors (Lipinski definition) is 4. The van der Waals surface area contributed by atoms with E-state index in [0.29, 0.717) is 11.0 Å². The summed E-state index contributed by atoms with van der Waals surface area (Å²) in [4.78, 5) is 12.8. The highest BCUT2D eigenvalue weighted by atomic mass is 16.6. The lowest BCUT2D eigenvalue weighted by atomic mass is 9.77. The van der Waals surface area contributed by atoms with Gasteiger partial charge in [0.2, 0.25) is 0 Å². The van der Waals surface area contributed by atoms with Gasteiger partial charge in [-0.25, -0.2) is 0 Å². The monoisotopic (exact) mass is 290 g/mol. The Balaban J connectivity index is 1.74. The van der Waals surface area contributed by atoms with Crippen LogP contribution in [0.2, 0.25) is 0 Å². The van der Waals surface area contributed by atoms with Crippen molar-refractivity contribution in [2.75, 3.05) is 18.0 Å². The van der Waals surface area contributed by atoms with Crippen LogP contribution in [0.15, 0.2) is 18.2 Å². The Morgan fingerprint density at radius 3 is 2.43 bits per heavy atom. The Kier molecular flexibility index (Phi) is 3.85. The number of aliphatic hydroxyl groups is 1. The Labute approximate surface area is 124 Å². The average molecular weight is 290 g/mol. The molecule has 114 valence electrons. The van der Waals surface area contributed by atoms with E-state index in [2.05, 4.69) is 4.90 Å². The van der Waals surface area contributed by atoms with Crippen LogP contribution in [0.3, 0.4) is 0 Å². The molecule has 1 N–H and O–H groups in total. The normalized spacial score (nSPS) is 20.9. The fraction of sp³-hybridized carbons (Fsp3) is 0.625. The zero-order valence-corrected chi connectivity index (χ0v) is 12.3. The summed E-state index contributed by atoms with van der Waals surface area (Å²) in [5, 5.41) is 20.3. The van der Waals surface area contributed by atoms with Gasteiger partial charge in [-0.3, -0.25) is 10.1 Å². The van der Waals surface area contributed by atoms with E-state index in [0.717, 1.165) is 18.8 Å². The number of aliphatic hydroxyl groups excluding tert-OH is 1. The van der Waals surface area contributed by atoms with Crippen LogP contribution in [0.4, 0.5) is 11.4 Å². The number of anilines is 1. The summed E-state index contributed by atoms with van der Waals surface area (Å²) in [7, 11) is 0. The summed E-state index contributed by atoms with van der Waals surface area (Å²) in [5.74, 6) is 0. The fourth-order valence-electron chi connectivity index (χ4n) is 3.94. The van der Waals surface area contributed by atoms with Gasteiger partial charge < -0.3 is 10.0 Å². The lowest BCUT2D eigenvalue weighted by Crippen LogP contribution is -2.38. The van der Waals surface area contributed by atoms with Gasteiger partial charge in [0.05, 0.1) is 17.1 Å². The second-order valence-corrected chi connectivity index (χ2v) is 6.42. The molecule has 3 rings (SSSR count). The fourth-order valence-corrected chi connectivity index (χ4v) is 3.94. The molecule has 1 aromatic carbocycles. The number of benzene rings is 1. The first kappa shape index (κ1) is 14.3. The Bertz CT molecular complexity index is 528. The minimum absolute atomic E-state index is 0.00511. The third kappa shape index (κ3) is 2.75. The van der Waals surface area contributed by atoms with Crippen molar-refractivity contribution in [3.8, 4) is 0 Å². The predicted octanol–water partition coefficient (Wildman–Crippen LogP) is 3.25. The molecule has 1 aliphatic heterocycles. The molecule has 5 heteroatoms. The molecule has 1 saturated heterocycles. The first-order chi connectivity index (χ1) is 10.1. The minimum atomic E-state index is -0.431. The molecule has 0 radical (unpaired) electrons. The maximum Gasteiger partial charge on any atom is 0.275 e. The molecule has 1 aromatic rings. The van der Waals surface area contributed by atoms with Crippen LogP contribution in [-0.4, -0.2) is 23.1 Å². The Morgan fingerprint density at radius 2 is 1.86 bits per heavy atom. The second kappa shape index (κ2) is 5.64. The number of piperidine rings is 1. The standard InChI is InChI=1S/C16H22N2O3/c19-12-13-11-14(3-4-15(13)18(20)21)17-9-7-16(8-10-17)5-1-2-6-16/h3-4,11,19H,1-2,5-10,12H2. The first-order valence-corrected chi connectivity index (χ1v) is 7.77. The van der Waals surface area contributed by atoms with Crippen LogP contribution in [0.25, 0.3) is 0 Å². The number of nitrogens with zero attached hydrogens (tertiary/aromatic N) is 2. The van der Waals surface area contributed by atoms with Gasteiger partial charge in [-0.15, -0.1) is 0 Å². The molecule has 0 bridgehead atoms. The van der Waals surface area contributed by atoms with Gasteiger partial charge in [0.25, 0.3) is 5.69 Å². The quantitative estimate of drug-likeness (QED) is 0.685. The van der Waals surface area contributed by atoms with Crippen molar-refractivity contribution in [3.63, 3.8) is 0 Å². The molecule has 5 nitrogen and oxygen atoms in total. The van der Waals surface area contributed by atoms with Crippen LogP contribution in [0.5, 0.6) is 0 Å². The van der Waals surface area contributed by atoms with E-state index in [9.17, 15) is 15.2 Å². The van der Waals surface area contributed by atoms with Crippen LogP contribution < -0.4 is 4.90 Å². The van der Waals surface area contributed by atoms with Gasteiger partial charge >= 0.3 is 0 Å².